The average molecular weight is 329 g/mol. The Hall–Kier alpha value is -1.37. The topological polar surface area (TPSA) is 63.3 Å². The molecule has 0 saturated heterocycles. The Morgan fingerprint density at radius 2 is 2.12 bits per heavy atom. The number of aromatic nitrogens is 1. The molecule has 1 heterocycles. The summed E-state index contributed by atoms with van der Waals surface area (Å²) in [6.07, 6.45) is 0. The minimum Gasteiger partial charge on any atom is -0.475 e. The first-order valence-electron chi connectivity index (χ1n) is 4.55. The standard InChI is InChI=1S/C11H8INO3/c1-6-9(11(14)15)16-10(13-6)7-4-2-3-5-8(7)12/h2-5H,1H3,(H,14,15). The van der Waals surface area contributed by atoms with Crippen LogP contribution in [0.3, 0.4) is 0 Å². The van der Waals surface area contributed by atoms with Gasteiger partial charge in [-0.2, -0.15) is 0 Å². The smallest absolute Gasteiger partial charge is 0.373 e. The van der Waals surface area contributed by atoms with Crippen LogP contribution in [-0.4, -0.2) is 16.1 Å². The van der Waals surface area contributed by atoms with E-state index in [0.29, 0.717) is 11.6 Å². The van der Waals surface area contributed by atoms with E-state index in [1.165, 1.54) is 0 Å². The molecule has 82 valence electrons. The summed E-state index contributed by atoms with van der Waals surface area (Å²) in [5, 5.41) is 8.86. The molecule has 16 heavy (non-hydrogen) atoms. The van der Waals surface area contributed by atoms with Gasteiger partial charge >= 0.3 is 5.97 Å². The summed E-state index contributed by atoms with van der Waals surface area (Å²) in [7, 11) is 0. The fourth-order valence-electron chi connectivity index (χ4n) is 1.34. The first-order valence-corrected chi connectivity index (χ1v) is 5.63. The molecule has 0 unspecified atom stereocenters. The second kappa shape index (κ2) is 4.25. The molecule has 0 aliphatic rings. The molecular formula is C11H8INO3. The summed E-state index contributed by atoms with van der Waals surface area (Å²) in [5.41, 5.74) is 1.20. The molecule has 1 aromatic carbocycles. The second-order valence-corrected chi connectivity index (χ2v) is 4.38. The molecule has 0 fully saturated rings. The van der Waals surface area contributed by atoms with Gasteiger partial charge in [-0.25, -0.2) is 9.78 Å². The van der Waals surface area contributed by atoms with Crippen LogP contribution in [0, 0.1) is 10.5 Å². The van der Waals surface area contributed by atoms with Crippen molar-refractivity contribution in [3.8, 4) is 11.5 Å². The van der Waals surface area contributed by atoms with Crippen molar-refractivity contribution in [1.29, 1.82) is 0 Å². The minimum atomic E-state index is -1.10. The molecule has 1 N–H and O–H groups in total. The van der Waals surface area contributed by atoms with Gasteiger partial charge in [0.25, 0.3) is 0 Å². The average Bonchev–Trinajstić information content (AvgIpc) is 2.61. The van der Waals surface area contributed by atoms with Gasteiger partial charge in [-0.3, -0.25) is 0 Å². The number of hydrogen-bond acceptors (Lipinski definition) is 3. The number of hydrogen-bond donors (Lipinski definition) is 1. The molecular weight excluding hydrogens is 321 g/mol. The normalized spacial score (nSPS) is 10.4. The van der Waals surface area contributed by atoms with Crippen molar-refractivity contribution < 1.29 is 14.3 Å². The molecule has 2 rings (SSSR count). The van der Waals surface area contributed by atoms with Crippen LogP contribution in [0.4, 0.5) is 0 Å². The van der Waals surface area contributed by atoms with Crippen LogP contribution in [0.15, 0.2) is 28.7 Å². The van der Waals surface area contributed by atoms with E-state index in [2.05, 4.69) is 27.6 Å². The van der Waals surface area contributed by atoms with Gasteiger partial charge in [0.05, 0.1) is 11.3 Å². The van der Waals surface area contributed by atoms with Crippen LogP contribution in [0.25, 0.3) is 11.5 Å². The van der Waals surface area contributed by atoms with Gasteiger partial charge < -0.3 is 9.52 Å². The van der Waals surface area contributed by atoms with Crippen molar-refractivity contribution in [3.05, 3.63) is 39.3 Å². The maximum absolute atomic E-state index is 10.8. The third kappa shape index (κ3) is 1.95. The number of oxazole rings is 1. The van der Waals surface area contributed by atoms with E-state index in [1.54, 1.807) is 6.92 Å². The maximum atomic E-state index is 10.8. The molecule has 0 radical (unpaired) electrons. The summed E-state index contributed by atoms with van der Waals surface area (Å²) in [6, 6.07) is 7.52. The number of aromatic carboxylic acids is 1. The zero-order chi connectivity index (χ0) is 11.7. The first-order chi connectivity index (χ1) is 7.59. The quantitative estimate of drug-likeness (QED) is 0.861. The van der Waals surface area contributed by atoms with Crippen LogP contribution in [0.2, 0.25) is 0 Å². The second-order valence-electron chi connectivity index (χ2n) is 3.22. The predicted octanol–water partition coefficient (Wildman–Crippen LogP) is 2.95. The summed E-state index contributed by atoms with van der Waals surface area (Å²) in [5.74, 6) is -0.850. The number of carbonyl (C=O) groups is 1. The SMILES string of the molecule is Cc1nc(-c2ccccc2I)oc1C(=O)O. The number of carboxylic acid groups (broad SMARTS) is 1. The van der Waals surface area contributed by atoms with E-state index in [0.717, 1.165) is 9.13 Å². The first kappa shape index (κ1) is 11.1. The zero-order valence-electron chi connectivity index (χ0n) is 8.40. The molecule has 1 aromatic heterocycles. The Labute approximate surface area is 105 Å². The van der Waals surface area contributed by atoms with E-state index < -0.39 is 5.97 Å². The number of carboxylic acids is 1. The molecule has 0 spiro atoms. The fourth-order valence-corrected chi connectivity index (χ4v) is 1.96. The predicted molar refractivity (Wildman–Crippen MR) is 66.4 cm³/mol. The molecule has 5 heteroatoms. The molecule has 0 aliphatic heterocycles. The van der Waals surface area contributed by atoms with Gasteiger partial charge in [-0.1, -0.05) is 12.1 Å². The molecule has 4 nitrogen and oxygen atoms in total. The van der Waals surface area contributed by atoms with E-state index in [4.69, 9.17) is 9.52 Å². The van der Waals surface area contributed by atoms with Gasteiger partial charge in [-0.05, 0) is 41.6 Å². The van der Waals surface area contributed by atoms with Crippen LogP contribution in [-0.2, 0) is 0 Å². The van der Waals surface area contributed by atoms with Crippen molar-refractivity contribution in [2.24, 2.45) is 0 Å². The molecule has 0 amide bonds. The summed E-state index contributed by atoms with van der Waals surface area (Å²) < 4.78 is 6.20. The molecule has 0 saturated carbocycles. The highest BCUT2D eigenvalue weighted by atomic mass is 127. The monoisotopic (exact) mass is 329 g/mol. The van der Waals surface area contributed by atoms with E-state index in [1.807, 2.05) is 24.3 Å². The van der Waals surface area contributed by atoms with Gasteiger partial charge in [0.15, 0.2) is 0 Å². The lowest BCUT2D eigenvalue weighted by Gasteiger charge is -1.97. The number of rotatable bonds is 2. The fraction of sp³-hybridized carbons (Fsp3) is 0.0909. The van der Waals surface area contributed by atoms with Crippen molar-refractivity contribution in [2.45, 2.75) is 6.92 Å². The van der Waals surface area contributed by atoms with Crippen LogP contribution in [0.1, 0.15) is 16.2 Å². The highest BCUT2D eigenvalue weighted by Gasteiger charge is 2.18. The van der Waals surface area contributed by atoms with Crippen LogP contribution < -0.4 is 0 Å². The molecule has 0 atom stereocenters. The Balaban J connectivity index is 2.54. The Kier molecular flexibility index (Phi) is 2.95. The Bertz CT molecular complexity index is 548. The third-order valence-corrected chi connectivity index (χ3v) is 3.04. The number of nitrogens with zero attached hydrogens (tertiary/aromatic N) is 1. The van der Waals surface area contributed by atoms with E-state index in [9.17, 15) is 4.79 Å². The number of aryl methyl sites for hydroxylation is 1. The lowest BCUT2D eigenvalue weighted by molar-refractivity contribution is 0.0662. The van der Waals surface area contributed by atoms with Gasteiger partial charge in [0.2, 0.25) is 11.7 Å². The maximum Gasteiger partial charge on any atom is 0.373 e. The van der Waals surface area contributed by atoms with Crippen molar-refractivity contribution in [3.63, 3.8) is 0 Å². The van der Waals surface area contributed by atoms with Gasteiger partial charge in [0, 0.05) is 3.57 Å². The summed E-state index contributed by atoms with van der Waals surface area (Å²) in [4.78, 5) is 14.9. The number of benzene rings is 1. The van der Waals surface area contributed by atoms with E-state index >= 15 is 0 Å². The Morgan fingerprint density at radius 1 is 1.44 bits per heavy atom. The third-order valence-electron chi connectivity index (χ3n) is 2.10. The zero-order valence-corrected chi connectivity index (χ0v) is 10.6. The van der Waals surface area contributed by atoms with Crippen molar-refractivity contribution in [2.75, 3.05) is 0 Å². The van der Waals surface area contributed by atoms with Gasteiger partial charge in [-0.15, -0.1) is 0 Å². The lowest BCUT2D eigenvalue weighted by Crippen LogP contribution is -1.95. The minimum absolute atomic E-state index is 0.102. The van der Waals surface area contributed by atoms with Crippen LogP contribution >= 0.6 is 22.6 Å². The molecule has 0 bridgehead atoms. The van der Waals surface area contributed by atoms with Crippen molar-refractivity contribution in [1.82, 2.24) is 4.98 Å². The lowest BCUT2D eigenvalue weighted by atomic mass is 10.2. The summed E-state index contributed by atoms with van der Waals surface area (Å²) in [6.45, 7) is 1.62. The van der Waals surface area contributed by atoms with Crippen molar-refractivity contribution >= 4 is 28.6 Å². The Morgan fingerprint density at radius 3 is 2.69 bits per heavy atom. The highest BCUT2D eigenvalue weighted by Crippen LogP contribution is 2.26. The highest BCUT2D eigenvalue weighted by molar-refractivity contribution is 14.1. The van der Waals surface area contributed by atoms with E-state index in [-0.39, 0.29) is 5.76 Å². The molecule has 0 aliphatic carbocycles. The van der Waals surface area contributed by atoms with Crippen LogP contribution in [0.5, 0.6) is 0 Å². The number of halogens is 1. The van der Waals surface area contributed by atoms with Gasteiger partial charge in [0.1, 0.15) is 0 Å². The molecule has 2 aromatic rings. The largest absolute Gasteiger partial charge is 0.475 e. The summed E-state index contributed by atoms with van der Waals surface area (Å²) >= 11 is 2.15.